The molecule has 138 valence electrons. The van der Waals surface area contributed by atoms with E-state index in [1.165, 1.54) is 0 Å². The van der Waals surface area contributed by atoms with E-state index in [1.54, 1.807) is 18.3 Å². The molecule has 0 bridgehead atoms. The van der Waals surface area contributed by atoms with Gasteiger partial charge in [0.15, 0.2) is 0 Å². The summed E-state index contributed by atoms with van der Waals surface area (Å²) in [6.07, 6.45) is 5.93. The molecular formula is C21H19BrClN3O. The zero-order chi connectivity index (χ0) is 19.1. The van der Waals surface area contributed by atoms with E-state index in [4.69, 9.17) is 11.6 Å². The molecule has 0 saturated heterocycles. The first-order valence-electron chi connectivity index (χ1n) is 8.61. The number of fused-ring (bicyclic) bond motifs is 1. The average Bonchev–Trinajstić information content (AvgIpc) is 2.67. The topological polar surface area (TPSA) is 54.0 Å². The predicted molar refractivity (Wildman–Crippen MR) is 116 cm³/mol. The number of benzene rings is 2. The van der Waals surface area contributed by atoms with Crippen LogP contribution >= 0.6 is 27.5 Å². The molecule has 1 aromatic heterocycles. The molecule has 0 saturated carbocycles. The number of halogens is 2. The zero-order valence-electron chi connectivity index (χ0n) is 14.6. The highest BCUT2D eigenvalue weighted by Crippen LogP contribution is 2.24. The minimum absolute atomic E-state index is 0.0954. The maximum Gasteiger partial charge on any atom is 0.244 e. The van der Waals surface area contributed by atoms with Gasteiger partial charge >= 0.3 is 0 Å². The van der Waals surface area contributed by atoms with Crippen LogP contribution in [0.3, 0.4) is 0 Å². The Bertz CT molecular complexity index is 957. The number of aromatic nitrogens is 1. The predicted octanol–water partition coefficient (Wildman–Crippen LogP) is 5.28. The number of anilines is 1. The zero-order valence-corrected chi connectivity index (χ0v) is 16.9. The third-order valence-electron chi connectivity index (χ3n) is 3.97. The number of hydrogen-bond donors (Lipinski definition) is 2. The molecule has 0 spiro atoms. The maximum absolute atomic E-state index is 11.9. The molecule has 0 aliphatic rings. The maximum atomic E-state index is 11.9. The van der Waals surface area contributed by atoms with Crippen LogP contribution in [-0.2, 0) is 4.79 Å². The minimum atomic E-state index is -0.0954. The lowest BCUT2D eigenvalue weighted by molar-refractivity contribution is -0.116. The van der Waals surface area contributed by atoms with Crippen LogP contribution in [0.25, 0.3) is 17.0 Å². The summed E-state index contributed by atoms with van der Waals surface area (Å²) in [5.74, 6) is -0.0954. The van der Waals surface area contributed by atoms with Crippen LogP contribution in [0, 0.1) is 0 Å². The Morgan fingerprint density at radius 2 is 1.93 bits per heavy atom. The van der Waals surface area contributed by atoms with Crippen molar-refractivity contribution in [2.75, 3.05) is 18.4 Å². The Morgan fingerprint density at radius 1 is 1.11 bits per heavy atom. The Kier molecular flexibility index (Phi) is 6.85. The first-order chi connectivity index (χ1) is 13.1. The van der Waals surface area contributed by atoms with Crippen molar-refractivity contribution in [3.05, 3.63) is 75.9 Å². The lowest BCUT2D eigenvalue weighted by Crippen LogP contribution is -2.23. The van der Waals surface area contributed by atoms with E-state index in [1.807, 2.05) is 48.5 Å². The van der Waals surface area contributed by atoms with Gasteiger partial charge in [0.25, 0.3) is 0 Å². The number of rotatable bonds is 7. The molecule has 3 rings (SSSR count). The van der Waals surface area contributed by atoms with Crippen molar-refractivity contribution in [1.29, 1.82) is 0 Å². The Balaban J connectivity index is 1.43. The van der Waals surface area contributed by atoms with Crippen molar-refractivity contribution in [1.82, 2.24) is 10.3 Å². The molecule has 0 atom stereocenters. The van der Waals surface area contributed by atoms with Gasteiger partial charge in [0.05, 0.1) is 5.52 Å². The number of carbonyl (C=O) groups is 1. The molecular weight excluding hydrogens is 426 g/mol. The number of nitrogens with one attached hydrogen (secondary N) is 2. The normalized spacial score (nSPS) is 11.0. The number of hydrogen-bond acceptors (Lipinski definition) is 3. The first kappa shape index (κ1) is 19.4. The van der Waals surface area contributed by atoms with Gasteiger partial charge in [-0.25, -0.2) is 0 Å². The van der Waals surface area contributed by atoms with Gasteiger partial charge in [0.1, 0.15) is 0 Å². The van der Waals surface area contributed by atoms with Gasteiger partial charge in [-0.1, -0.05) is 39.7 Å². The van der Waals surface area contributed by atoms with E-state index >= 15 is 0 Å². The summed E-state index contributed by atoms with van der Waals surface area (Å²) in [4.78, 5) is 16.2. The molecule has 1 heterocycles. The van der Waals surface area contributed by atoms with E-state index in [0.717, 1.165) is 39.6 Å². The fraction of sp³-hybridized carbons (Fsp3) is 0.143. The third-order valence-corrected chi connectivity index (χ3v) is 4.73. The van der Waals surface area contributed by atoms with Crippen LogP contribution in [0.1, 0.15) is 12.0 Å². The van der Waals surface area contributed by atoms with Crippen LogP contribution in [0.2, 0.25) is 5.02 Å². The van der Waals surface area contributed by atoms with E-state index in [2.05, 4.69) is 31.5 Å². The van der Waals surface area contributed by atoms with Gasteiger partial charge in [0, 0.05) is 45.9 Å². The average molecular weight is 445 g/mol. The molecule has 2 aromatic carbocycles. The monoisotopic (exact) mass is 443 g/mol. The summed E-state index contributed by atoms with van der Waals surface area (Å²) in [7, 11) is 0. The van der Waals surface area contributed by atoms with Gasteiger partial charge < -0.3 is 10.6 Å². The van der Waals surface area contributed by atoms with Crippen molar-refractivity contribution in [2.24, 2.45) is 0 Å². The Morgan fingerprint density at radius 3 is 2.74 bits per heavy atom. The Labute approximate surface area is 171 Å². The first-order valence-corrected chi connectivity index (χ1v) is 9.78. The number of amides is 1. The van der Waals surface area contributed by atoms with Crippen LogP contribution in [-0.4, -0.2) is 24.0 Å². The highest BCUT2D eigenvalue weighted by Gasteiger charge is 2.02. The van der Waals surface area contributed by atoms with E-state index < -0.39 is 0 Å². The second kappa shape index (κ2) is 9.53. The summed E-state index contributed by atoms with van der Waals surface area (Å²) >= 11 is 9.40. The number of nitrogens with zero attached hydrogens (tertiary/aromatic N) is 1. The molecule has 3 aromatic rings. The number of pyridine rings is 1. The van der Waals surface area contributed by atoms with E-state index in [9.17, 15) is 4.79 Å². The molecule has 0 unspecified atom stereocenters. The van der Waals surface area contributed by atoms with Gasteiger partial charge in [-0.05, 0) is 54.5 Å². The molecule has 0 aliphatic carbocycles. The largest absolute Gasteiger partial charge is 0.384 e. The molecule has 4 nitrogen and oxygen atoms in total. The highest BCUT2D eigenvalue weighted by atomic mass is 79.9. The molecule has 27 heavy (non-hydrogen) atoms. The highest BCUT2D eigenvalue weighted by molar-refractivity contribution is 9.10. The molecule has 0 radical (unpaired) electrons. The minimum Gasteiger partial charge on any atom is -0.384 e. The molecule has 6 heteroatoms. The van der Waals surface area contributed by atoms with Gasteiger partial charge in [-0.15, -0.1) is 0 Å². The van der Waals surface area contributed by atoms with Crippen molar-refractivity contribution < 1.29 is 4.79 Å². The van der Waals surface area contributed by atoms with Crippen molar-refractivity contribution in [3.8, 4) is 0 Å². The third kappa shape index (κ3) is 5.81. The standard InChI is InChI=1S/C21H19BrClN3O/c22-16-5-2-15(3-6-16)4-9-21(27)26-12-1-11-24-19-10-13-25-20-14-17(23)7-8-18(19)20/h2-10,13-14H,1,11-12H2,(H,24,25)(H,26,27)/b9-4+. The van der Waals surface area contributed by atoms with Crippen molar-refractivity contribution in [3.63, 3.8) is 0 Å². The van der Waals surface area contributed by atoms with Crippen LogP contribution < -0.4 is 10.6 Å². The quantitative estimate of drug-likeness (QED) is 0.385. The van der Waals surface area contributed by atoms with Crippen LogP contribution in [0.4, 0.5) is 5.69 Å². The summed E-state index contributed by atoms with van der Waals surface area (Å²) in [5, 5.41) is 7.98. The van der Waals surface area contributed by atoms with Crippen molar-refractivity contribution in [2.45, 2.75) is 6.42 Å². The van der Waals surface area contributed by atoms with Gasteiger partial charge in [-0.2, -0.15) is 0 Å². The molecule has 0 fully saturated rings. The molecule has 0 aliphatic heterocycles. The lowest BCUT2D eigenvalue weighted by Gasteiger charge is -2.09. The fourth-order valence-electron chi connectivity index (χ4n) is 2.60. The molecule has 2 N–H and O–H groups in total. The summed E-state index contributed by atoms with van der Waals surface area (Å²) in [6, 6.07) is 15.4. The lowest BCUT2D eigenvalue weighted by atomic mass is 10.2. The summed E-state index contributed by atoms with van der Waals surface area (Å²) in [6.45, 7) is 1.35. The van der Waals surface area contributed by atoms with Crippen LogP contribution in [0.15, 0.2) is 65.3 Å². The second-order valence-corrected chi connectivity index (χ2v) is 7.33. The number of carbonyl (C=O) groups excluding carboxylic acids is 1. The van der Waals surface area contributed by atoms with Crippen LogP contribution in [0.5, 0.6) is 0 Å². The molecule has 1 amide bonds. The SMILES string of the molecule is O=C(/C=C/c1ccc(Br)cc1)NCCCNc1ccnc2cc(Cl)ccc12. The van der Waals surface area contributed by atoms with E-state index in [0.29, 0.717) is 11.6 Å². The fourth-order valence-corrected chi connectivity index (χ4v) is 3.03. The van der Waals surface area contributed by atoms with Gasteiger partial charge in [0.2, 0.25) is 5.91 Å². The smallest absolute Gasteiger partial charge is 0.244 e. The summed E-state index contributed by atoms with van der Waals surface area (Å²) in [5.41, 5.74) is 2.86. The summed E-state index contributed by atoms with van der Waals surface area (Å²) < 4.78 is 1.02. The van der Waals surface area contributed by atoms with Gasteiger partial charge in [-0.3, -0.25) is 9.78 Å². The van der Waals surface area contributed by atoms with Crippen molar-refractivity contribution >= 4 is 56.1 Å². The Hall–Kier alpha value is -2.37. The second-order valence-electron chi connectivity index (χ2n) is 5.98. The van der Waals surface area contributed by atoms with E-state index in [-0.39, 0.29) is 5.91 Å².